The van der Waals surface area contributed by atoms with Gasteiger partial charge in [-0.2, -0.15) is 0 Å². The highest BCUT2D eigenvalue weighted by molar-refractivity contribution is 6.34. The molecular formula is C37H25N5O4. The average molecular weight is 604 g/mol. The molecule has 0 bridgehead atoms. The summed E-state index contributed by atoms with van der Waals surface area (Å²) in [6, 6.07) is 36.7. The normalized spacial score (nSPS) is 16.3. The van der Waals surface area contributed by atoms with Gasteiger partial charge in [-0.05, 0) is 59.7 Å². The number of aromatic hydroxyl groups is 2. The summed E-state index contributed by atoms with van der Waals surface area (Å²) in [5, 5.41) is 19.4. The first-order chi connectivity index (χ1) is 22.4. The summed E-state index contributed by atoms with van der Waals surface area (Å²) >= 11 is 0. The smallest absolute Gasteiger partial charge is 0.283 e. The molecule has 2 aliphatic rings. The molecule has 0 saturated heterocycles. The van der Waals surface area contributed by atoms with Gasteiger partial charge in [-0.3, -0.25) is 9.59 Å². The fourth-order valence-corrected chi connectivity index (χ4v) is 5.14. The summed E-state index contributed by atoms with van der Waals surface area (Å²) in [5.41, 5.74) is 3.19. The molecule has 0 saturated carbocycles. The Kier molecular flexibility index (Phi) is 7.24. The Morgan fingerprint density at radius 2 is 0.870 bits per heavy atom. The van der Waals surface area contributed by atoms with E-state index in [0.717, 1.165) is 0 Å². The number of aliphatic imine (C=N–C) groups is 2. The first kappa shape index (κ1) is 28.2. The van der Waals surface area contributed by atoms with Crippen LogP contribution < -0.4 is 9.80 Å². The van der Waals surface area contributed by atoms with Crippen molar-refractivity contribution in [1.29, 1.82) is 0 Å². The van der Waals surface area contributed by atoms with Crippen LogP contribution >= 0.6 is 0 Å². The first-order valence-electron chi connectivity index (χ1n) is 14.4. The Morgan fingerprint density at radius 3 is 1.26 bits per heavy atom. The van der Waals surface area contributed by atoms with Crippen LogP contribution in [0.15, 0.2) is 149 Å². The number of carbonyl (C=O) groups excluding carboxylic acids is 2. The third-order valence-corrected chi connectivity index (χ3v) is 7.36. The number of anilines is 2. The summed E-state index contributed by atoms with van der Waals surface area (Å²) in [4.78, 5) is 45.0. The van der Waals surface area contributed by atoms with E-state index in [2.05, 4.69) is 0 Å². The lowest BCUT2D eigenvalue weighted by atomic mass is 10.1. The van der Waals surface area contributed by atoms with Crippen LogP contribution in [0.25, 0.3) is 12.2 Å². The molecule has 5 aromatic rings. The highest BCUT2D eigenvalue weighted by Gasteiger charge is 2.36. The lowest BCUT2D eigenvalue weighted by Crippen LogP contribution is -2.36. The van der Waals surface area contributed by atoms with Gasteiger partial charge in [-0.1, -0.05) is 91.0 Å². The van der Waals surface area contributed by atoms with Crippen LogP contribution in [0.4, 0.5) is 11.6 Å². The molecule has 2 aliphatic heterocycles. The number of carbonyl (C=O) groups is 2. The minimum Gasteiger partial charge on any atom is -0.508 e. The molecule has 3 heterocycles. The van der Waals surface area contributed by atoms with Crippen LogP contribution in [0.2, 0.25) is 0 Å². The van der Waals surface area contributed by atoms with E-state index in [1.165, 1.54) is 9.80 Å². The van der Waals surface area contributed by atoms with Crippen molar-refractivity contribution in [3.05, 3.63) is 161 Å². The van der Waals surface area contributed by atoms with Crippen molar-refractivity contribution in [2.24, 2.45) is 9.98 Å². The number of aromatic nitrogens is 1. The van der Waals surface area contributed by atoms with Crippen molar-refractivity contribution in [2.75, 3.05) is 9.80 Å². The fraction of sp³-hybridized carbons (Fsp3) is 0. The molecule has 7 rings (SSSR count). The Balaban J connectivity index is 1.30. The third kappa shape index (κ3) is 5.44. The van der Waals surface area contributed by atoms with E-state index in [0.29, 0.717) is 33.9 Å². The standard InChI is InChI=1S/C37H25N5O4/c43-28-18-14-24(15-19-28)22-30-36(45)41(34(38-30)26-8-3-1-4-9-26)32-12-7-13-33(40-32)42-35(27-10-5-2-6-11-27)39-31(37(42)46)23-25-16-20-29(44)21-17-25/h1-23,43-44H. The molecule has 0 fully saturated rings. The summed E-state index contributed by atoms with van der Waals surface area (Å²) in [6.45, 7) is 0. The number of benzene rings is 4. The number of amides is 2. The van der Waals surface area contributed by atoms with Crippen LogP contribution in [0.3, 0.4) is 0 Å². The van der Waals surface area contributed by atoms with Crippen molar-refractivity contribution < 1.29 is 19.8 Å². The van der Waals surface area contributed by atoms with Gasteiger partial charge in [0, 0.05) is 11.1 Å². The highest BCUT2D eigenvalue weighted by atomic mass is 16.3. The van der Waals surface area contributed by atoms with E-state index in [9.17, 15) is 19.8 Å². The van der Waals surface area contributed by atoms with Gasteiger partial charge >= 0.3 is 0 Å². The summed E-state index contributed by atoms with van der Waals surface area (Å²) in [5.74, 6) is 0.767. The average Bonchev–Trinajstić information content (AvgIpc) is 3.59. The number of amidine groups is 2. The molecule has 2 amide bonds. The third-order valence-electron chi connectivity index (χ3n) is 7.36. The Hall–Kier alpha value is -6.61. The Morgan fingerprint density at radius 1 is 0.478 bits per heavy atom. The van der Waals surface area contributed by atoms with Gasteiger partial charge in [0.1, 0.15) is 46.2 Å². The van der Waals surface area contributed by atoms with Crippen molar-refractivity contribution in [3.8, 4) is 11.5 Å². The highest BCUT2D eigenvalue weighted by Crippen LogP contribution is 2.31. The number of hydrogen-bond acceptors (Lipinski definition) is 7. The van der Waals surface area contributed by atoms with Crippen LogP contribution in [-0.2, 0) is 9.59 Å². The Labute approximate surface area is 264 Å². The molecule has 222 valence electrons. The molecule has 0 spiro atoms. The first-order valence-corrected chi connectivity index (χ1v) is 14.4. The Bertz CT molecular complexity index is 1940. The number of pyridine rings is 1. The minimum absolute atomic E-state index is 0.118. The molecule has 0 aliphatic carbocycles. The predicted octanol–water partition coefficient (Wildman–Crippen LogP) is 6.16. The van der Waals surface area contributed by atoms with Crippen LogP contribution in [-0.4, -0.2) is 38.7 Å². The zero-order valence-electron chi connectivity index (χ0n) is 24.2. The van der Waals surface area contributed by atoms with E-state index < -0.39 is 11.8 Å². The maximum Gasteiger partial charge on any atom is 0.283 e. The minimum atomic E-state index is -0.394. The van der Waals surface area contributed by atoms with Gasteiger partial charge in [-0.15, -0.1) is 0 Å². The SMILES string of the molecule is O=C1C(=Cc2ccc(O)cc2)N=C(c2ccccc2)N1c1cccc(N2C(=O)C(=Cc3ccc(O)cc3)N=C2c2ccccc2)n1. The molecular weight excluding hydrogens is 578 g/mol. The van der Waals surface area contributed by atoms with Crippen molar-refractivity contribution >= 4 is 47.3 Å². The lowest BCUT2D eigenvalue weighted by Gasteiger charge is -2.21. The monoisotopic (exact) mass is 603 g/mol. The molecule has 9 heteroatoms. The summed E-state index contributed by atoms with van der Waals surface area (Å²) in [7, 11) is 0. The van der Waals surface area contributed by atoms with E-state index in [1.54, 1.807) is 78.9 Å². The molecule has 46 heavy (non-hydrogen) atoms. The van der Waals surface area contributed by atoms with Gasteiger partial charge in [0.2, 0.25) is 0 Å². The fourth-order valence-electron chi connectivity index (χ4n) is 5.14. The van der Waals surface area contributed by atoms with Crippen molar-refractivity contribution in [3.63, 3.8) is 0 Å². The second-order valence-electron chi connectivity index (χ2n) is 10.5. The lowest BCUT2D eigenvalue weighted by molar-refractivity contribution is -0.114. The zero-order chi connectivity index (χ0) is 31.6. The van der Waals surface area contributed by atoms with Gasteiger partial charge in [0.25, 0.3) is 11.8 Å². The largest absolute Gasteiger partial charge is 0.508 e. The van der Waals surface area contributed by atoms with E-state index >= 15 is 0 Å². The van der Waals surface area contributed by atoms with Crippen LogP contribution in [0.1, 0.15) is 22.3 Å². The van der Waals surface area contributed by atoms with Crippen molar-refractivity contribution in [1.82, 2.24) is 4.98 Å². The topological polar surface area (TPSA) is 119 Å². The maximum absolute atomic E-state index is 13.9. The second kappa shape index (κ2) is 11.8. The van der Waals surface area contributed by atoms with Gasteiger partial charge < -0.3 is 10.2 Å². The maximum atomic E-state index is 13.9. The quantitative estimate of drug-likeness (QED) is 0.225. The number of rotatable bonds is 6. The predicted molar refractivity (Wildman–Crippen MR) is 177 cm³/mol. The number of nitrogens with zero attached hydrogens (tertiary/aromatic N) is 5. The van der Waals surface area contributed by atoms with Gasteiger partial charge in [0.15, 0.2) is 0 Å². The summed E-state index contributed by atoms with van der Waals surface area (Å²) in [6.07, 6.45) is 3.30. The molecule has 0 radical (unpaired) electrons. The van der Waals surface area contributed by atoms with Crippen LogP contribution in [0.5, 0.6) is 11.5 Å². The van der Waals surface area contributed by atoms with Gasteiger partial charge in [-0.25, -0.2) is 24.8 Å². The summed E-state index contributed by atoms with van der Waals surface area (Å²) < 4.78 is 0. The number of hydrogen-bond donors (Lipinski definition) is 2. The van der Waals surface area contributed by atoms with E-state index in [1.807, 2.05) is 60.7 Å². The number of phenolic OH excluding ortho intramolecular Hbond substituents is 2. The molecule has 1 aromatic heterocycles. The molecule has 2 N–H and O–H groups in total. The second-order valence-corrected chi connectivity index (χ2v) is 10.5. The number of phenols is 2. The molecule has 0 atom stereocenters. The zero-order valence-corrected chi connectivity index (χ0v) is 24.2. The van der Waals surface area contributed by atoms with Crippen molar-refractivity contribution in [2.45, 2.75) is 0 Å². The van der Waals surface area contributed by atoms with Gasteiger partial charge in [0.05, 0.1) is 0 Å². The molecule has 0 unspecified atom stereocenters. The van der Waals surface area contributed by atoms with E-state index in [-0.39, 0.29) is 34.5 Å². The molecule has 4 aromatic carbocycles. The molecule has 9 nitrogen and oxygen atoms in total. The van der Waals surface area contributed by atoms with E-state index in [4.69, 9.17) is 15.0 Å². The van der Waals surface area contributed by atoms with Crippen LogP contribution in [0, 0.1) is 0 Å².